The average Bonchev–Trinajstić information content (AvgIpc) is 3.29. The predicted molar refractivity (Wildman–Crippen MR) is 139 cm³/mol. The molecule has 0 aliphatic carbocycles. The first-order valence-electron chi connectivity index (χ1n) is 12.1. The second kappa shape index (κ2) is 8.48. The van der Waals surface area contributed by atoms with E-state index in [2.05, 4.69) is 24.1 Å². The van der Waals surface area contributed by atoms with Gasteiger partial charge in [0, 0.05) is 36.1 Å². The third-order valence-corrected chi connectivity index (χ3v) is 7.28. The number of nitrogens with zero attached hydrogens (tertiary/aromatic N) is 2. The van der Waals surface area contributed by atoms with Gasteiger partial charge in [0.2, 0.25) is 11.3 Å². The summed E-state index contributed by atoms with van der Waals surface area (Å²) in [6.07, 6.45) is 3.93. The van der Waals surface area contributed by atoms with Crippen LogP contribution in [-0.2, 0) is 0 Å². The summed E-state index contributed by atoms with van der Waals surface area (Å²) in [5, 5.41) is 12.9. The maximum atomic E-state index is 13.7. The molecule has 3 aromatic heterocycles. The van der Waals surface area contributed by atoms with E-state index < -0.39 is 5.97 Å². The Morgan fingerprint density at radius 1 is 1.14 bits per heavy atom. The monoisotopic (exact) mass is 473 g/mol. The molecule has 2 N–H and O–H groups in total. The van der Waals surface area contributed by atoms with E-state index >= 15 is 0 Å². The Kier molecular flexibility index (Phi) is 5.58. The fourth-order valence-electron chi connectivity index (χ4n) is 5.00. The Hall–Kier alpha value is -3.74. The number of carbonyl (C=O) groups is 1. The molecule has 35 heavy (non-hydrogen) atoms. The highest BCUT2D eigenvalue weighted by atomic mass is 16.4. The second-order valence-electron chi connectivity index (χ2n) is 10.3. The first-order valence-corrected chi connectivity index (χ1v) is 12.1. The molecule has 182 valence electrons. The van der Waals surface area contributed by atoms with Gasteiger partial charge in [-0.15, -0.1) is 0 Å². The fraction of sp³-hybridized carbons (Fsp3) is 0.357. The van der Waals surface area contributed by atoms with E-state index in [-0.39, 0.29) is 22.4 Å². The van der Waals surface area contributed by atoms with Crippen LogP contribution in [0.5, 0.6) is 0 Å². The van der Waals surface area contributed by atoms with Gasteiger partial charge in [-0.1, -0.05) is 26.0 Å². The highest BCUT2D eigenvalue weighted by molar-refractivity contribution is 5.94. The molecule has 0 bridgehead atoms. The third kappa shape index (κ3) is 4.05. The Bertz CT molecular complexity index is 1490. The van der Waals surface area contributed by atoms with E-state index in [0.29, 0.717) is 28.2 Å². The second-order valence-corrected chi connectivity index (χ2v) is 10.3. The molecule has 5 rings (SSSR count). The van der Waals surface area contributed by atoms with Crippen LogP contribution in [0, 0.1) is 12.3 Å². The first kappa shape index (κ1) is 23.0. The first-order chi connectivity index (χ1) is 16.7. The van der Waals surface area contributed by atoms with Gasteiger partial charge in [0.25, 0.3) is 0 Å². The topological polar surface area (TPSA) is 87.2 Å². The molecule has 4 aromatic rings. The molecular weight excluding hydrogens is 442 g/mol. The molecule has 0 spiro atoms. The van der Waals surface area contributed by atoms with Gasteiger partial charge in [-0.25, -0.2) is 4.79 Å². The molecule has 4 heterocycles. The predicted octanol–water partition coefficient (Wildman–Crippen LogP) is 5.85. The number of aromatic carboxylic acids is 1. The van der Waals surface area contributed by atoms with E-state index in [9.17, 15) is 14.7 Å². The minimum absolute atomic E-state index is 0.0488. The maximum Gasteiger partial charge on any atom is 0.337 e. The van der Waals surface area contributed by atoms with Crippen molar-refractivity contribution in [2.24, 2.45) is 5.41 Å². The number of fused-ring (bicyclic) bond motifs is 3. The standard InChI is InChI=1S/C28H31N3O4/c1-17-24(32)23-25(35-26(17)30-14-11-28(3,4)12-15-30)21(16-19-8-7-13-31(19)23)18(2)29-22-10-6-5-9-20(22)27(33)34/h5-10,13,16,18,29H,11-12,14-15H2,1-4H3,(H,33,34). The van der Waals surface area contributed by atoms with Gasteiger partial charge in [0.15, 0.2) is 5.58 Å². The van der Waals surface area contributed by atoms with Crippen LogP contribution < -0.4 is 15.6 Å². The van der Waals surface area contributed by atoms with Crippen molar-refractivity contribution in [3.8, 4) is 0 Å². The van der Waals surface area contributed by atoms with Crippen LogP contribution in [0.2, 0.25) is 0 Å². The molecule has 0 saturated carbocycles. The third-order valence-electron chi connectivity index (χ3n) is 7.28. The average molecular weight is 474 g/mol. The number of hydrogen-bond acceptors (Lipinski definition) is 5. The molecule has 1 aliphatic heterocycles. The van der Waals surface area contributed by atoms with Gasteiger partial charge in [0.05, 0.1) is 17.2 Å². The number of carboxylic acid groups (broad SMARTS) is 1. The van der Waals surface area contributed by atoms with Gasteiger partial charge in [0.1, 0.15) is 5.52 Å². The molecule has 1 atom stereocenters. The number of piperidine rings is 1. The normalized spacial score (nSPS) is 16.5. The van der Waals surface area contributed by atoms with Crippen molar-refractivity contribution in [3.05, 3.63) is 75.6 Å². The number of para-hydroxylation sites is 1. The summed E-state index contributed by atoms with van der Waals surface area (Å²) in [4.78, 5) is 27.6. The molecule has 1 unspecified atom stereocenters. The number of carboxylic acids is 1. The van der Waals surface area contributed by atoms with Crippen LogP contribution in [0.4, 0.5) is 11.6 Å². The van der Waals surface area contributed by atoms with Gasteiger partial charge < -0.3 is 24.1 Å². The van der Waals surface area contributed by atoms with Crippen molar-refractivity contribution in [1.82, 2.24) is 4.40 Å². The summed E-state index contributed by atoms with van der Waals surface area (Å²) in [7, 11) is 0. The van der Waals surface area contributed by atoms with E-state index in [1.54, 1.807) is 24.3 Å². The summed E-state index contributed by atoms with van der Waals surface area (Å²) in [5.74, 6) is -0.367. The van der Waals surface area contributed by atoms with Gasteiger partial charge >= 0.3 is 5.97 Å². The van der Waals surface area contributed by atoms with Gasteiger partial charge in [-0.3, -0.25) is 4.79 Å². The zero-order chi connectivity index (χ0) is 24.9. The Morgan fingerprint density at radius 2 is 1.86 bits per heavy atom. The van der Waals surface area contributed by atoms with Crippen LogP contribution in [0.25, 0.3) is 16.6 Å². The largest absolute Gasteiger partial charge is 0.478 e. The summed E-state index contributed by atoms with van der Waals surface area (Å²) in [6.45, 7) is 10.0. The lowest BCUT2D eigenvalue weighted by Gasteiger charge is -2.37. The zero-order valence-electron chi connectivity index (χ0n) is 20.6. The summed E-state index contributed by atoms with van der Waals surface area (Å²) >= 11 is 0. The molecule has 1 aromatic carbocycles. The van der Waals surface area contributed by atoms with E-state index in [1.165, 1.54) is 0 Å². The lowest BCUT2D eigenvalue weighted by molar-refractivity contribution is 0.0698. The number of rotatable bonds is 5. The van der Waals surface area contributed by atoms with Gasteiger partial charge in [-0.05, 0) is 62.4 Å². The minimum atomic E-state index is -0.996. The molecule has 0 radical (unpaired) electrons. The van der Waals surface area contributed by atoms with E-state index in [4.69, 9.17) is 4.42 Å². The maximum absolute atomic E-state index is 13.7. The smallest absolute Gasteiger partial charge is 0.337 e. The van der Waals surface area contributed by atoms with Crippen molar-refractivity contribution in [2.45, 2.75) is 46.6 Å². The molecule has 0 amide bonds. The van der Waals surface area contributed by atoms with Gasteiger partial charge in [-0.2, -0.15) is 0 Å². The Balaban J connectivity index is 1.66. The molecule has 1 aliphatic rings. The van der Waals surface area contributed by atoms with Crippen LogP contribution in [0.15, 0.2) is 57.9 Å². The van der Waals surface area contributed by atoms with Crippen molar-refractivity contribution >= 4 is 34.2 Å². The minimum Gasteiger partial charge on any atom is -0.478 e. The SMILES string of the molecule is Cc1c(N2CCC(C)(C)CC2)oc2c(C(C)Nc3ccccc3C(=O)O)cc3cccn3c2c1=O. The van der Waals surface area contributed by atoms with E-state index in [0.717, 1.165) is 37.0 Å². The molecular formula is C28H31N3O4. The fourth-order valence-corrected chi connectivity index (χ4v) is 5.00. The van der Waals surface area contributed by atoms with Crippen molar-refractivity contribution < 1.29 is 14.3 Å². The number of hydrogen-bond donors (Lipinski definition) is 2. The summed E-state index contributed by atoms with van der Waals surface area (Å²) in [5.41, 5.74) is 4.27. The molecule has 7 heteroatoms. The Labute approximate surface area is 204 Å². The van der Waals surface area contributed by atoms with Crippen LogP contribution >= 0.6 is 0 Å². The van der Waals surface area contributed by atoms with Crippen molar-refractivity contribution in [3.63, 3.8) is 0 Å². The number of pyridine rings is 1. The summed E-state index contributed by atoms with van der Waals surface area (Å²) in [6, 6.07) is 12.4. The number of aromatic nitrogens is 1. The van der Waals surface area contributed by atoms with Crippen LogP contribution in [0.3, 0.4) is 0 Å². The highest BCUT2D eigenvalue weighted by Crippen LogP contribution is 2.36. The lowest BCUT2D eigenvalue weighted by atomic mass is 9.82. The van der Waals surface area contributed by atoms with Crippen molar-refractivity contribution in [1.29, 1.82) is 0 Å². The summed E-state index contributed by atoms with van der Waals surface area (Å²) < 4.78 is 8.45. The molecule has 1 fully saturated rings. The quantitative estimate of drug-likeness (QED) is 0.378. The number of nitrogens with one attached hydrogen (secondary N) is 1. The molecule has 1 saturated heterocycles. The molecule has 7 nitrogen and oxygen atoms in total. The Morgan fingerprint density at radius 3 is 2.57 bits per heavy atom. The lowest BCUT2D eigenvalue weighted by Crippen LogP contribution is -2.38. The number of benzene rings is 1. The zero-order valence-corrected chi connectivity index (χ0v) is 20.6. The van der Waals surface area contributed by atoms with Crippen molar-refractivity contribution in [2.75, 3.05) is 23.3 Å². The van der Waals surface area contributed by atoms with Crippen LogP contribution in [-0.4, -0.2) is 28.6 Å². The highest BCUT2D eigenvalue weighted by Gasteiger charge is 2.29. The van der Waals surface area contributed by atoms with E-state index in [1.807, 2.05) is 42.6 Å². The number of anilines is 2. The van der Waals surface area contributed by atoms with Crippen LogP contribution in [0.1, 0.15) is 61.1 Å².